The smallest absolute Gasteiger partial charge is 0.274 e. The van der Waals surface area contributed by atoms with Crippen LogP contribution in [0.4, 0.5) is 0 Å². The molecule has 6 nitrogen and oxygen atoms in total. The van der Waals surface area contributed by atoms with Crippen LogP contribution in [0.1, 0.15) is 24.3 Å². The molecule has 0 radical (unpaired) electrons. The molecule has 0 aliphatic heterocycles. The summed E-state index contributed by atoms with van der Waals surface area (Å²) in [5.41, 5.74) is 5.49. The lowest BCUT2D eigenvalue weighted by Gasteiger charge is -2.12. The zero-order valence-corrected chi connectivity index (χ0v) is 13.5. The van der Waals surface area contributed by atoms with Crippen LogP contribution in [0.2, 0.25) is 0 Å². The molecule has 2 rings (SSSR count). The van der Waals surface area contributed by atoms with Gasteiger partial charge in [0.05, 0.1) is 5.39 Å². The molecule has 0 atom stereocenters. The van der Waals surface area contributed by atoms with Gasteiger partial charge in [0.1, 0.15) is 0 Å². The summed E-state index contributed by atoms with van der Waals surface area (Å²) in [5.74, 6) is -0.0505. The van der Waals surface area contributed by atoms with Crippen LogP contribution in [0, 0.1) is 5.92 Å². The van der Waals surface area contributed by atoms with Crippen LogP contribution >= 0.6 is 12.4 Å². The van der Waals surface area contributed by atoms with Crippen molar-refractivity contribution in [3.05, 3.63) is 40.3 Å². The second kappa shape index (κ2) is 7.91. The normalized spacial score (nSPS) is 10.5. The van der Waals surface area contributed by atoms with Gasteiger partial charge in [-0.2, -0.15) is 5.10 Å². The lowest BCUT2D eigenvalue weighted by Crippen LogP contribution is -2.33. The number of hydrogen-bond donors (Lipinski definition) is 2. The Balaban J connectivity index is 0.00000242. The van der Waals surface area contributed by atoms with Crippen molar-refractivity contribution >= 4 is 29.1 Å². The number of nitrogens with zero attached hydrogens (tertiary/aromatic N) is 2. The minimum atomic E-state index is -0.311. The van der Waals surface area contributed by atoms with E-state index in [1.165, 1.54) is 4.68 Å². The Kier molecular flexibility index (Phi) is 6.52. The lowest BCUT2D eigenvalue weighted by atomic mass is 10.1. The molecule has 0 saturated carbocycles. The maximum absolute atomic E-state index is 12.4. The van der Waals surface area contributed by atoms with Crippen LogP contribution in [0.5, 0.6) is 0 Å². The molecular formula is C15H21ClN4O2. The lowest BCUT2D eigenvalue weighted by molar-refractivity contribution is 0.0949. The first-order valence-electron chi connectivity index (χ1n) is 7.02. The van der Waals surface area contributed by atoms with E-state index in [1.807, 2.05) is 13.8 Å². The largest absolute Gasteiger partial charge is 0.349 e. The van der Waals surface area contributed by atoms with E-state index in [1.54, 1.807) is 24.3 Å². The monoisotopic (exact) mass is 324 g/mol. The standard InChI is InChI=1S/C15H20N4O2.ClH/c1-10(2)9-19-15(21)12-6-4-3-5-11(12)13(18-19)14(20)17-8-7-16;/h3-6,10H,7-9,16H2,1-2H3,(H,17,20);1H. The van der Waals surface area contributed by atoms with Crippen molar-refractivity contribution in [2.75, 3.05) is 13.1 Å². The average molecular weight is 325 g/mol. The number of rotatable bonds is 5. The van der Waals surface area contributed by atoms with E-state index >= 15 is 0 Å². The van der Waals surface area contributed by atoms with Gasteiger partial charge in [-0.15, -0.1) is 12.4 Å². The van der Waals surface area contributed by atoms with Crippen molar-refractivity contribution < 1.29 is 4.79 Å². The van der Waals surface area contributed by atoms with Crippen LogP contribution < -0.4 is 16.6 Å². The Morgan fingerprint density at radius 1 is 1.32 bits per heavy atom. The molecule has 0 bridgehead atoms. The maximum Gasteiger partial charge on any atom is 0.274 e. The van der Waals surface area contributed by atoms with Crippen molar-refractivity contribution in [2.45, 2.75) is 20.4 Å². The number of benzene rings is 1. The minimum Gasteiger partial charge on any atom is -0.349 e. The highest BCUT2D eigenvalue weighted by atomic mass is 35.5. The number of carbonyl (C=O) groups is 1. The van der Waals surface area contributed by atoms with Gasteiger partial charge in [-0.05, 0) is 12.0 Å². The predicted molar refractivity (Wildman–Crippen MR) is 89.5 cm³/mol. The van der Waals surface area contributed by atoms with Gasteiger partial charge in [0.15, 0.2) is 5.69 Å². The molecule has 3 N–H and O–H groups in total. The summed E-state index contributed by atoms with van der Waals surface area (Å²) in [6.45, 7) is 5.20. The SMILES string of the molecule is CC(C)Cn1nc(C(=O)NCCN)c2ccccc2c1=O.Cl. The van der Waals surface area contributed by atoms with Crippen molar-refractivity contribution in [3.8, 4) is 0 Å². The van der Waals surface area contributed by atoms with Crippen molar-refractivity contribution in [1.82, 2.24) is 15.1 Å². The van der Waals surface area contributed by atoms with Crippen LogP contribution in [0.15, 0.2) is 29.1 Å². The van der Waals surface area contributed by atoms with Gasteiger partial charge in [0.25, 0.3) is 11.5 Å². The number of aromatic nitrogens is 2. The molecule has 7 heteroatoms. The fourth-order valence-corrected chi connectivity index (χ4v) is 2.14. The molecule has 1 amide bonds. The third-order valence-electron chi connectivity index (χ3n) is 3.05. The van der Waals surface area contributed by atoms with E-state index in [4.69, 9.17) is 5.73 Å². The van der Waals surface area contributed by atoms with Gasteiger partial charge in [-0.3, -0.25) is 9.59 Å². The molecule has 0 fully saturated rings. The molecule has 120 valence electrons. The second-order valence-electron chi connectivity index (χ2n) is 5.32. The number of nitrogens with one attached hydrogen (secondary N) is 1. The van der Waals surface area contributed by atoms with E-state index < -0.39 is 0 Å². The molecule has 2 aromatic rings. The molecule has 0 aliphatic carbocycles. The number of fused-ring (bicyclic) bond motifs is 1. The summed E-state index contributed by atoms with van der Waals surface area (Å²) in [4.78, 5) is 24.6. The highest BCUT2D eigenvalue weighted by Crippen LogP contribution is 2.13. The van der Waals surface area contributed by atoms with Gasteiger partial charge >= 0.3 is 0 Å². The van der Waals surface area contributed by atoms with Crippen LogP contribution in [-0.4, -0.2) is 28.8 Å². The third kappa shape index (κ3) is 3.84. The van der Waals surface area contributed by atoms with Gasteiger partial charge in [0.2, 0.25) is 0 Å². The number of nitrogens with two attached hydrogens (primary N) is 1. The molecular weight excluding hydrogens is 304 g/mol. The summed E-state index contributed by atoms with van der Waals surface area (Å²) in [5, 5.41) is 8.02. The molecule has 0 saturated heterocycles. The summed E-state index contributed by atoms with van der Waals surface area (Å²) in [6, 6.07) is 7.03. The van der Waals surface area contributed by atoms with Crippen molar-refractivity contribution in [1.29, 1.82) is 0 Å². The number of carbonyl (C=O) groups excluding carboxylic acids is 1. The van der Waals surface area contributed by atoms with E-state index in [-0.39, 0.29) is 35.5 Å². The van der Waals surface area contributed by atoms with Crippen LogP contribution in [0.25, 0.3) is 10.8 Å². The number of halogens is 1. The quantitative estimate of drug-likeness (QED) is 0.863. The first-order chi connectivity index (χ1) is 10.0. The Labute approximate surface area is 135 Å². The Bertz CT molecular complexity index is 712. The van der Waals surface area contributed by atoms with Crippen molar-refractivity contribution in [2.24, 2.45) is 11.7 Å². The van der Waals surface area contributed by atoms with E-state index in [9.17, 15) is 9.59 Å². The Morgan fingerprint density at radius 2 is 1.95 bits per heavy atom. The number of hydrogen-bond acceptors (Lipinski definition) is 4. The number of amides is 1. The first-order valence-corrected chi connectivity index (χ1v) is 7.02. The fraction of sp³-hybridized carbons (Fsp3) is 0.400. The molecule has 0 unspecified atom stereocenters. The molecule has 0 aliphatic rings. The fourth-order valence-electron chi connectivity index (χ4n) is 2.14. The van der Waals surface area contributed by atoms with Crippen molar-refractivity contribution in [3.63, 3.8) is 0 Å². The van der Waals surface area contributed by atoms with Crippen LogP contribution in [-0.2, 0) is 6.54 Å². The Hall–Kier alpha value is -1.92. The summed E-state index contributed by atoms with van der Waals surface area (Å²) < 4.78 is 1.37. The summed E-state index contributed by atoms with van der Waals surface area (Å²) >= 11 is 0. The van der Waals surface area contributed by atoms with Gasteiger partial charge in [-0.1, -0.05) is 32.0 Å². The van der Waals surface area contributed by atoms with Crippen LogP contribution in [0.3, 0.4) is 0 Å². The third-order valence-corrected chi connectivity index (χ3v) is 3.05. The van der Waals surface area contributed by atoms with Gasteiger partial charge < -0.3 is 11.1 Å². The predicted octanol–water partition coefficient (Wildman–Crippen LogP) is 1.16. The Morgan fingerprint density at radius 3 is 2.55 bits per heavy atom. The highest BCUT2D eigenvalue weighted by Gasteiger charge is 2.16. The van der Waals surface area contributed by atoms with Gasteiger partial charge in [0, 0.05) is 25.0 Å². The van der Waals surface area contributed by atoms with E-state index in [2.05, 4.69) is 10.4 Å². The molecule has 1 aromatic carbocycles. The summed E-state index contributed by atoms with van der Waals surface area (Å²) in [6.07, 6.45) is 0. The maximum atomic E-state index is 12.4. The first kappa shape index (κ1) is 18.1. The second-order valence-corrected chi connectivity index (χ2v) is 5.32. The van der Waals surface area contributed by atoms with E-state index in [0.29, 0.717) is 30.4 Å². The average Bonchev–Trinajstić information content (AvgIpc) is 2.47. The topological polar surface area (TPSA) is 90.0 Å². The van der Waals surface area contributed by atoms with Gasteiger partial charge in [-0.25, -0.2) is 4.68 Å². The zero-order valence-electron chi connectivity index (χ0n) is 12.7. The highest BCUT2D eigenvalue weighted by molar-refractivity contribution is 6.04. The molecule has 22 heavy (non-hydrogen) atoms. The molecule has 0 spiro atoms. The summed E-state index contributed by atoms with van der Waals surface area (Å²) in [7, 11) is 0. The zero-order chi connectivity index (χ0) is 15.4. The minimum absolute atomic E-state index is 0. The molecule has 1 aromatic heterocycles. The molecule has 1 heterocycles. The van der Waals surface area contributed by atoms with E-state index in [0.717, 1.165) is 0 Å².